The normalized spacial score (nSPS) is 23.7. The Hall–Kier alpha value is -3.16. The van der Waals surface area contributed by atoms with Crippen LogP contribution in [0.1, 0.15) is 18.1 Å². The number of aliphatic hydroxyl groups excluding tert-OH is 1. The molecule has 11 nitrogen and oxygen atoms in total. The van der Waals surface area contributed by atoms with Gasteiger partial charge < -0.3 is 35.8 Å². The molecule has 228 valence electrons. The van der Waals surface area contributed by atoms with Crippen molar-refractivity contribution in [3.8, 4) is 0 Å². The topological polar surface area (TPSA) is 155 Å². The van der Waals surface area contributed by atoms with Gasteiger partial charge in [0.2, 0.25) is 23.6 Å². The summed E-state index contributed by atoms with van der Waals surface area (Å²) in [4.78, 5) is 50.9. The highest BCUT2D eigenvalue weighted by molar-refractivity contribution is 7.99. The molecule has 2 aromatic rings. The fourth-order valence-corrected chi connectivity index (χ4v) is 5.32. The fourth-order valence-electron chi connectivity index (χ4n) is 4.17. The zero-order valence-electron chi connectivity index (χ0n) is 23.3. The molecule has 3 rings (SSSR count). The minimum atomic E-state index is -1.17. The van der Waals surface area contributed by atoms with Gasteiger partial charge in [0.05, 0.1) is 25.9 Å². The third-order valence-corrected chi connectivity index (χ3v) is 7.70. The maximum Gasteiger partial charge on any atom is 0.246 e. The first-order chi connectivity index (χ1) is 20.2. The van der Waals surface area contributed by atoms with E-state index in [4.69, 9.17) is 21.1 Å². The maximum atomic E-state index is 13.6. The third-order valence-electron chi connectivity index (χ3n) is 6.25. The second kappa shape index (κ2) is 17.7. The lowest BCUT2D eigenvalue weighted by molar-refractivity contribution is -0.132. The van der Waals surface area contributed by atoms with Gasteiger partial charge in [-0.15, -0.1) is 11.8 Å². The summed E-state index contributed by atoms with van der Waals surface area (Å²) in [7, 11) is 0. The van der Waals surface area contributed by atoms with Crippen LogP contribution in [0, 0.1) is 0 Å². The standard InChI is InChI=1S/C29H37ClN4O7S/c1-19(35)32-25-18-42-29(39)24(16-21-7-9-22(30)10-8-21)34-28(38)23(15-20-5-3-2-4-6-20)33-26(36)17-41-14-13-40-12-11-31-27(25)37/h2-10,23-25,29,39H,11-18H2,1H3,(H,31,37)(H,32,35)(H,33,36)(H,34,38)/t23-,24-,25-,29?/m0/s1. The molecule has 1 aliphatic rings. The highest BCUT2D eigenvalue weighted by Crippen LogP contribution is 2.19. The lowest BCUT2D eigenvalue weighted by atomic mass is 10.0. The van der Waals surface area contributed by atoms with Gasteiger partial charge in [0.1, 0.15) is 24.1 Å². The Morgan fingerprint density at radius 1 is 0.952 bits per heavy atom. The fraction of sp³-hybridized carbons (Fsp3) is 0.448. The van der Waals surface area contributed by atoms with Gasteiger partial charge in [-0.25, -0.2) is 0 Å². The SMILES string of the molecule is CC(=O)N[C@H]1CSC(O)[C@H](Cc2ccc(Cl)cc2)NC(=O)[C@H](Cc2ccccc2)NC(=O)COCCOCCNC1=O. The molecule has 1 aliphatic heterocycles. The Morgan fingerprint density at radius 2 is 1.64 bits per heavy atom. The number of benzene rings is 2. The zero-order valence-corrected chi connectivity index (χ0v) is 24.9. The van der Waals surface area contributed by atoms with Crippen LogP contribution in [-0.2, 0) is 41.5 Å². The summed E-state index contributed by atoms with van der Waals surface area (Å²) >= 11 is 7.06. The number of amides is 4. The molecule has 5 N–H and O–H groups in total. The second-order valence-electron chi connectivity index (χ2n) is 9.69. The van der Waals surface area contributed by atoms with Crippen LogP contribution in [0.4, 0.5) is 0 Å². The molecule has 0 bridgehead atoms. The molecule has 1 fully saturated rings. The van der Waals surface area contributed by atoms with E-state index in [1.807, 2.05) is 30.3 Å². The molecule has 4 atom stereocenters. The smallest absolute Gasteiger partial charge is 0.246 e. The number of nitrogens with one attached hydrogen (secondary N) is 4. The molecule has 2 aromatic carbocycles. The van der Waals surface area contributed by atoms with Crippen LogP contribution in [0.15, 0.2) is 54.6 Å². The van der Waals surface area contributed by atoms with Crippen LogP contribution in [-0.4, -0.2) is 91.0 Å². The Labute approximate surface area is 254 Å². The van der Waals surface area contributed by atoms with Gasteiger partial charge in [0, 0.05) is 30.7 Å². The van der Waals surface area contributed by atoms with E-state index in [1.54, 1.807) is 24.3 Å². The van der Waals surface area contributed by atoms with E-state index in [0.29, 0.717) is 5.02 Å². The van der Waals surface area contributed by atoms with Crippen molar-refractivity contribution < 1.29 is 33.8 Å². The van der Waals surface area contributed by atoms with E-state index in [0.717, 1.165) is 22.9 Å². The van der Waals surface area contributed by atoms with Crippen LogP contribution < -0.4 is 21.3 Å². The van der Waals surface area contributed by atoms with Gasteiger partial charge in [-0.3, -0.25) is 19.2 Å². The van der Waals surface area contributed by atoms with Crippen molar-refractivity contribution in [2.24, 2.45) is 0 Å². The molecule has 1 saturated heterocycles. The van der Waals surface area contributed by atoms with Crippen LogP contribution >= 0.6 is 23.4 Å². The summed E-state index contributed by atoms with van der Waals surface area (Å²) in [5.74, 6) is -1.76. The molecule has 0 aliphatic carbocycles. The average molecular weight is 621 g/mol. The lowest BCUT2D eigenvalue weighted by Gasteiger charge is -2.28. The van der Waals surface area contributed by atoms with Crippen molar-refractivity contribution in [3.05, 3.63) is 70.7 Å². The van der Waals surface area contributed by atoms with Gasteiger partial charge >= 0.3 is 0 Å². The highest BCUT2D eigenvalue weighted by Gasteiger charge is 2.29. The van der Waals surface area contributed by atoms with Gasteiger partial charge in [0.25, 0.3) is 0 Å². The molecule has 4 amide bonds. The van der Waals surface area contributed by atoms with E-state index < -0.39 is 47.2 Å². The Morgan fingerprint density at radius 3 is 2.36 bits per heavy atom. The van der Waals surface area contributed by atoms with E-state index in [2.05, 4.69) is 21.3 Å². The van der Waals surface area contributed by atoms with Gasteiger partial charge in [0.15, 0.2) is 0 Å². The first kappa shape index (κ1) is 33.3. The van der Waals surface area contributed by atoms with Crippen molar-refractivity contribution in [3.63, 3.8) is 0 Å². The highest BCUT2D eigenvalue weighted by atomic mass is 35.5. The van der Waals surface area contributed by atoms with E-state index in [1.165, 1.54) is 6.92 Å². The van der Waals surface area contributed by atoms with E-state index in [-0.39, 0.29) is 51.6 Å². The van der Waals surface area contributed by atoms with Gasteiger partial charge in [-0.2, -0.15) is 0 Å². The summed E-state index contributed by atoms with van der Waals surface area (Å²) in [6.07, 6.45) is 0.448. The number of thioether (sulfide) groups is 1. The Balaban J connectivity index is 1.85. The summed E-state index contributed by atoms with van der Waals surface area (Å²) in [5.41, 5.74) is 0.463. The summed E-state index contributed by atoms with van der Waals surface area (Å²) in [5, 5.41) is 22.7. The Kier molecular flexibility index (Phi) is 14.1. The Bertz CT molecular complexity index is 1170. The minimum absolute atomic E-state index is 0.0401. The van der Waals surface area contributed by atoms with Crippen LogP contribution in [0.25, 0.3) is 0 Å². The van der Waals surface area contributed by atoms with Gasteiger partial charge in [-0.1, -0.05) is 54.1 Å². The number of rotatable bonds is 5. The monoisotopic (exact) mass is 620 g/mol. The van der Waals surface area contributed by atoms with Crippen LogP contribution in [0.2, 0.25) is 5.02 Å². The molecule has 1 heterocycles. The van der Waals surface area contributed by atoms with Crippen molar-refractivity contribution in [2.45, 2.75) is 43.3 Å². The molecular formula is C29H37ClN4O7S. The minimum Gasteiger partial charge on any atom is -0.380 e. The van der Waals surface area contributed by atoms with E-state index in [9.17, 15) is 24.3 Å². The van der Waals surface area contributed by atoms with Crippen molar-refractivity contribution in [1.29, 1.82) is 0 Å². The molecular weight excluding hydrogens is 584 g/mol. The maximum absolute atomic E-state index is 13.6. The molecule has 13 heteroatoms. The zero-order chi connectivity index (χ0) is 30.3. The summed E-state index contributed by atoms with van der Waals surface area (Å²) in [6.45, 7) is 1.75. The van der Waals surface area contributed by atoms with Crippen LogP contribution in [0.5, 0.6) is 0 Å². The van der Waals surface area contributed by atoms with Crippen LogP contribution in [0.3, 0.4) is 0 Å². The van der Waals surface area contributed by atoms with Crippen molar-refractivity contribution >= 4 is 47.0 Å². The molecule has 1 unspecified atom stereocenters. The number of hydrogen-bond acceptors (Lipinski definition) is 8. The first-order valence-electron chi connectivity index (χ1n) is 13.6. The number of aliphatic hydroxyl groups is 1. The number of carbonyl (C=O) groups is 4. The second-order valence-corrected chi connectivity index (χ2v) is 11.3. The van der Waals surface area contributed by atoms with Crippen molar-refractivity contribution in [1.82, 2.24) is 21.3 Å². The molecule has 0 saturated carbocycles. The van der Waals surface area contributed by atoms with Crippen molar-refractivity contribution in [2.75, 3.05) is 38.7 Å². The van der Waals surface area contributed by atoms with Gasteiger partial charge in [-0.05, 0) is 29.7 Å². The first-order valence-corrected chi connectivity index (χ1v) is 15.0. The predicted octanol–water partition coefficient (Wildman–Crippen LogP) is 0.814. The quantitative estimate of drug-likeness (QED) is 0.329. The number of hydrogen-bond donors (Lipinski definition) is 5. The predicted molar refractivity (Wildman–Crippen MR) is 160 cm³/mol. The average Bonchev–Trinajstić information content (AvgIpc) is 2.96. The number of carbonyl (C=O) groups excluding carboxylic acids is 4. The third kappa shape index (κ3) is 12.0. The molecule has 42 heavy (non-hydrogen) atoms. The lowest BCUT2D eigenvalue weighted by Crippen LogP contribution is -2.54. The summed E-state index contributed by atoms with van der Waals surface area (Å²) < 4.78 is 10.8. The molecule has 0 aromatic heterocycles. The summed E-state index contributed by atoms with van der Waals surface area (Å²) in [6, 6.07) is 13.5. The number of halogens is 1. The largest absolute Gasteiger partial charge is 0.380 e. The van der Waals surface area contributed by atoms with E-state index >= 15 is 0 Å². The molecule has 0 spiro atoms. The number of ether oxygens (including phenoxy) is 2. The molecule has 0 radical (unpaired) electrons.